The first-order valence-electron chi connectivity index (χ1n) is 40.8. The molecule has 0 unspecified atom stereocenters. The van der Waals surface area contributed by atoms with Gasteiger partial charge in [0, 0.05) is 11.1 Å². The summed E-state index contributed by atoms with van der Waals surface area (Å²) in [4.78, 5) is 54.1. The van der Waals surface area contributed by atoms with Gasteiger partial charge < -0.3 is 49.5 Å². The fraction of sp³-hybridized carbons (Fsp3) is 0.682. The van der Waals surface area contributed by atoms with Crippen molar-refractivity contribution in [2.75, 3.05) is 65.6 Å². The number of benzene rings is 4. The molecule has 15 heteroatoms. The largest absolute Gasteiger partial charge is 0.508 e. The second-order valence-corrected chi connectivity index (χ2v) is 29.4. The number of carboxylic acid groups (broad SMARTS) is 1. The quantitative estimate of drug-likeness (QED) is 0.0158. The molecule has 0 aliphatic rings. The van der Waals surface area contributed by atoms with Crippen molar-refractivity contribution >= 4 is 23.9 Å². The lowest BCUT2D eigenvalue weighted by Crippen LogP contribution is -2.55. The zero-order valence-electron chi connectivity index (χ0n) is 66.6. The Morgan fingerprint density at radius 1 is 0.282 bits per heavy atom. The average Bonchev–Trinajstić information content (AvgIpc) is 0.816. The zero-order valence-corrected chi connectivity index (χ0v) is 66.6. The lowest BCUT2D eigenvalue weighted by Gasteiger charge is -2.48. The second-order valence-electron chi connectivity index (χ2n) is 29.4. The molecular formula is C88H147N3O12. The number of nitrogens with zero attached hydrogens (tertiary/aromatic N) is 3. The van der Waals surface area contributed by atoms with Crippen LogP contribution in [0.25, 0.3) is 0 Å². The molecule has 0 heterocycles. The number of carbonyl (C=O) groups excluding carboxylic acids is 3. The summed E-state index contributed by atoms with van der Waals surface area (Å²) in [5, 5.41) is 44.9. The number of phenolic OH excluding ortho intramolecular Hbond substituents is 4. The van der Waals surface area contributed by atoms with Gasteiger partial charge in [-0.1, -0.05) is 208 Å². The third-order valence-electron chi connectivity index (χ3n) is 19.6. The minimum absolute atomic E-state index is 0.0741. The van der Waals surface area contributed by atoms with Crippen molar-refractivity contribution < 1.29 is 58.9 Å². The van der Waals surface area contributed by atoms with Crippen LogP contribution in [-0.2, 0) is 14.2 Å². The smallest absolute Gasteiger partial charge is 0.338 e. The molecule has 0 saturated carbocycles. The first kappa shape index (κ1) is 94.9. The Bertz CT molecular complexity index is 2620. The number of unbranched alkanes of at least 4 members (excludes halogenated alkanes) is 29. The molecule has 15 nitrogen and oxygen atoms in total. The van der Waals surface area contributed by atoms with E-state index in [0.717, 1.165) is 45.1 Å². The number of hydrogen-bond donors (Lipinski definition) is 5. The molecule has 0 spiro atoms. The predicted molar refractivity (Wildman–Crippen MR) is 427 cm³/mol. The molecule has 4 rings (SSSR count). The Morgan fingerprint density at radius 3 is 0.699 bits per heavy atom. The number of carbonyl (C=O) groups is 4. The van der Waals surface area contributed by atoms with Gasteiger partial charge >= 0.3 is 23.9 Å². The van der Waals surface area contributed by atoms with Gasteiger partial charge in [0.2, 0.25) is 0 Å². The van der Waals surface area contributed by atoms with Gasteiger partial charge in [-0.25, -0.2) is 19.2 Å². The third-order valence-corrected chi connectivity index (χ3v) is 19.6. The Hall–Kier alpha value is -6.16. The van der Waals surface area contributed by atoms with E-state index in [9.17, 15) is 34.5 Å². The number of phenols is 4. The molecule has 586 valence electrons. The third kappa shape index (κ3) is 50.1. The summed E-state index contributed by atoms with van der Waals surface area (Å²) < 4.78 is 15.9. The number of rotatable bonds is 57. The van der Waals surface area contributed by atoms with Crippen molar-refractivity contribution in [1.82, 2.24) is 14.7 Å². The van der Waals surface area contributed by atoms with Gasteiger partial charge in [-0.15, -0.1) is 0 Å². The maximum Gasteiger partial charge on any atom is 0.338 e. The number of carboxylic acids is 1. The summed E-state index contributed by atoms with van der Waals surface area (Å²) in [6, 6.07) is 23.9. The number of ether oxygens (including phenoxy) is 3. The normalized spacial score (nSPS) is 11.3. The highest BCUT2D eigenvalue weighted by Gasteiger charge is 2.35. The number of esters is 3. The minimum atomic E-state index is -0.986. The average molecular weight is 1440 g/mol. The highest BCUT2D eigenvalue weighted by atomic mass is 16.5. The van der Waals surface area contributed by atoms with Crippen LogP contribution in [-0.4, -0.2) is 141 Å². The molecule has 0 atom stereocenters. The first-order valence-corrected chi connectivity index (χ1v) is 40.8. The summed E-state index contributed by atoms with van der Waals surface area (Å²) in [7, 11) is 0. The second kappa shape index (κ2) is 62.1. The molecule has 0 aromatic heterocycles. The molecule has 0 bridgehead atoms. The van der Waals surface area contributed by atoms with E-state index in [1.807, 2.05) is 0 Å². The van der Waals surface area contributed by atoms with Crippen LogP contribution in [0.1, 0.15) is 355 Å². The van der Waals surface area contributed by atoms with Gasteiger partial charge in [-0.05, 0) is 248 Å². The number of aromatic carboxylic acids is 1. The molecule has 0 aliphatic heterocycles. The van der Waals surface area contributed by atoms with Crippen LogP contribution in [0.15, 0.2) is 97.1 Å². The van der Waals surface area contributed by atoms with Crippen molar-refractivity contribution in [2.45, 2.75) is 324 Å². The van der Waals surface area contributed by atoms with Crippen molar-refractivity contribution in [3.63, 3.8) is 0 Å². The molecule has 0 aliphatic carbocycles. The van der Waals surface area contributed by atoms with Gasteiger partial charge in [0.15, 0.2) is 0 Å². The van der Waals surface area contributed by atoms with Gasteiger partial charge in [0.25, 0.3) is 0 Å². The van der Waals surface area contributed by atoms with E-state index in [1.54, 1.807) is 36.4 Å². The van der Waals surface area contributed by atoms with Crippen molar-refractivity contribution in [3.05, 3.63) is 119 Å². The fourth-order valence-electron chi connectivity index (χ4n) is 12.4. The van der Waals surface area contributed by atoms with Crippen molar-refractivity contribution in [1.29, 1.82) is 0 Å². The van der Waals surface area contributed by atoms with Gasteiger partial charge in [-0.3, -0.25) is 4.90 Å². The standard InChI is InChI=1S/C29H51NO3.C27H47NO3.C25H43NO3.C7H6O3/c1-3-5-7-11-15-23-30(24-16-12-8-6-4-2)25-17-13-9-10-14-18-26-33-29(32)27-19-21-28(31)22-20-27;1-3-5-7-13-21-28(22-14-8-6-4-2)23-15-11-9-10-12-16-24-31-27(30)25-17-19-26(29)20-18-25;1-7-24(3,4)26(25(5,6)8-2)19-13-11-9-10-12-14-20-29-23(28)21-15-17-22(27)18-16-21;8-6-3-1-5(2-4-6)7(9)10/h19-22,31H,3-18,23-26H2,1-2H3;17-20,29H,3-16,21-24H2,1-2H3;15-18,27H,7-14,19-20H2,1-6H3;1-4,8H,(H,9,10). The molecule has 0 amide bonds. The van der Waals surface area contributed by atoms with Crippen LogP contribution < -0.4 is 0 Å². The van der Waals surface area contributed by atoms with Crippen molar-refractivity contribution in [3.8, 4) is 23.0 Å². The minimum Gasteiger partial charge on any atom is -0.508 e. The lowest BCUT2D eigenvalue weighted by molar-refractivity contribution is 0.00958. The molecule has 103 heavy (non-hydrogen) atoms. The van der Waals surface area contributed by atoms with E-state index in [4.69, 9.17) is 24.4 Å². The highest BCUT2D eigenvalue weighted by molar-refractivity contribution is 5.90. The van der Waals surface area contributed by atoms with Crippen LogP contribution in [0.3, 0.4) is 0 Å². The van der Waals surface area contributed by atoms with Crippen LogP contribution in [0.5, 0.6) is 23.0 Å². The monoisotopic (exact) mass is 1440 g/mol. The Kier molecular flexibility index (Phi) is 57.2. The van der Waals surface area contributed by atoms with E-state index < -0.39 is 5.97 Å². The van der Waals surface area contributed by atoms with Crippen LogP contribution in [0.2, 0.25) is 0 Å². The highest BCUT2D eigenvalue weighted by Crippen LogP contribution is 2.31. The summed E-state index contributed by atoms with van der Waals surface area (Å²) >= 11 is 0. The van der Waals surface area contributed by atoms with Gasteiger partial charge in [-0.2, -0.15) is 0 Å². The van der Waals surface area contributed by atoms with E-state index in [0.29, 0.717) is 36.5 Å². The van der Waals surface area contributed by atoms with Crippen LogP contribution in [0, 0.1) is 0 Å². The topological polar surface area (TPSA) is 207 Å². The van der Waals surface area contributed by atoms with Crippen molar-refractivity contribution in [2.24, 2.45) is 0 Å². The first-order chi connectivity index (χ1) is 49.7. The fourth-order valence-corrected chi connectivity index (χ4v) is 12.4. The maximum absolute atomic E-state index is 11.9. The maximum atomic E-state index is 11.9. The summed E-state index contributed by atoms with van der Waals surface area (Å²) in [6.45, 7) is 33.4. The Balaban J connectivity index is 0.000000722. The summed E-state index contributed by atoms with van der Waals surface area (Å²) in [6.07, 6.45) is 48.0. The summed E-state index contributed by atoms with van der Waals surface area (Å²) in [5.41, 5.74) is 2.12. The molecule has 0 fully saturated rings. The zero-order chi connectivity index (χ0) is 76.0. The molecule has 5 N–H and O–H groups in total. The molecule has 0 radical (unpaired) electrons. The van der Waals surface area contributed by atoms with E-state index >= 15 is 0 Å². The van der Waals surface area contributed by atoms with Crippen LogP contribution in [0.4, 0.5) is 0 Å². The van der Waals surface area contributed by atoms with E-state index in [1.165, 1.54) is 305 Å². The van der Waals surface area contributed by atoms with Gasteiger partial charge in [0.05, 0.1) is 42.1 Å². The Labute approximate surface area is 626 Å². The summed E-state index contributed by atoms with van der Waals surface area (Å²) in [5.74, 6) is -1.37. The lowest BCUT2D eigenvalue weighted by atomic mass is 9.88. The SMILES string of the molecule is CCC(C)(C)N(CCCCCCCCOC(=O)c1ccc(O)cc1)C(C)(C)CC.CCCCCCCN(CCCCCCC)CCCCCCCCOC(=O)c1ccc(O)cc1.CCCCCCN(CCCCCC)CCCCCCCCOC(=O)c1ccc(O)cc1.O=C(O)c1ccc(O)cc1. The number of aromatic hydroxyl groups is 4. The molecule has 0 saturated heterocycles. The molecule has 4 aromatic rings. The van der Waals surface area contributed by atoms with E-state index in [2.05, 4.69) is 83.9 Å². The van der Waals surface area contributed by atoms with Crippen LogP contribution >= 0.6 is 0 Å². The van der Waals surface area contributed by atoms with Gasteiger partial charge in [0.1, 0.15) is 23.0 Å². The number of hydrogen-bond acceptors (Lipinski definition) is 14. The molecular weight excluding hydrogens is 1290 g/mol. The van der Waals surface area contributed by atoms with E-state index in [-0.39, 0.29) is 57.5 Å². The predicted octanol–water partition coefficient (Wildman–Crippen LogP) is 23.1. The molecule has 4 aromatic carbocycles. The Morgan fingerprint density at radius 2 is 0.476 bits per heavy atom.